The Kier molecular flexibility index (Phi) is 9.83. The van der Waals surface area contributed by atoms with E-state index in [-0.39, 0.29) is 18.0 Å². The van der Waals surface area contributed by atoms with Gasteiger partial charge in [-0.1, -0.05) is 6.42 Å². The summed E-state index contributed by atoms with van der Waals surface area (Å²) in [4.78, 5) is 11.5. The van der Waals surface area contributed by atoms with Gasteiger partial charge in [0.1, 0.15) is 0 Å². The number of thioether (sulfide) groups is 1. The molecule has 2 N–H and O–H groups in total. The Balaban J connectivity index is 3.42. The molecule has 0 aliphatic carbocycles. The minimum Gasteiger partial charge on any atom is -0.353 e. The third-order valence-electron chi connectivity index (χ3n) is 2.30. The van der Waals surface area contributed by atoms with E-state index in [0.717, 1.165) is 13.0 Å². The number of nitrogens with one attached hydrogen (secondary N) is 2. The maximum Gasteiger partial charge on any atom is 0.237 e. The molecule has 0 spiro atoms. The van der Waals surface area contributed by atoms with Crippen LogP contribution in [0.5, 0.6) is 0 Å². The zero-order chi connectivity index (χ0) is 12.4. The molecule has 1 unspecified atom stereocenters. The molecule has 0 fully saturated rings. The summed E-state index contributed by atoms with van der Waals surface area (Å²) in [5.41, 5.74) is 0. The first-order valence-electron chi connectivity index (χ1n) is 6.10. The van der Waals surface area contributed by atoms with Gasteiger partial charge in [-0.25, -0.2) is 0 Å². The van der Waals surface area contributed by atoms with Crippen LogP contribution < -0.4 is 10.6 Å². The smallest absolute Gasteiger partial charge is 0.237 e. The average molecular weight is 246 g/mol. The fourth-order valence-corrected chi connectivity index (χ4v) is 1.86. The molecule has 16 heavy (non-hydrogen) atoms. The van der Waals surface area contributed by atoms with Gasteiger partial charge in [-0.05, 0) is 52.2 Å². The number of amides is 1. The summed E-state index contributed by atoms with van der Waals surface area (Å²) in [6, 6.07) is 0.140. The Morgan fingerprint density at radius 1 is 1.19 bits per heavy atom. The summed E-state index contributed by atoms with van der Waals surface area (Å²) in [6.45, 7) is 6.81. The molecule has 0 aromatic carbocycles. The molecule has 1 amide bonds. The Morgan fingerprint density at radius 2 is 1.88 bits per heavy atom. The van der Waals surface area contributed by atoms with Gasteiger partial charge < -0.3 is 10.6 Å². The molecule has 4 heteroatoms. The van der Waals surface area contributed by atoms with Crippen LogP contribution in [-0.4, -0.2) is 36.5 Å². The van der Waals surface area contributed by atoms with Crippen molar-refractivity contribution in [3.8, 4) is 0 Å². The molecule has 0 saturated heterocycles. The van der Waals surface area contributed by atoms with Crippen LogP contribution >= 0.6 is 11.8 Å². The van der Waals surface area contributed by atoms with Crippen molar-refractivity contribution >= 4 is 17.7 Å². The predicted octanol–water partition coefficient (Wildman–Crippen LogP) is 2.02. The second-order valence-electron chi connectivity index (χ2n) is 4.39. The number of hydrogen-bond donors (Lipinski definition) is 2. The van der Waals surface area contributed by atoms with Gasteiger partial charge in [-0.2, -0.15) is 11.8 Å². The van der Waals surface area contributed by atoms with Crippen molar-refractivity contribution < 1.29 is 4.79 Å². The van der Waals surface area contributed by atoms with Gasteiger partial charge in [0, 0.05) is 6.04 Å². The first-order valence-corrected chi connectivity index (χ1v) is 7.50. The van der Waals surface area contributed by atoms with Crippen LogP contribution in [0.1, 0.15) is 40.0 Å². The van der Waals surface area contributed by atoms with Gasteiger partial charge in [0.2, 0.25) is 5.91 Å². The quantitative estimate of drug-likeness (QED) is 0.612. The zero-order valence-electron chi connectivity index (χ0n) is 11.0. The molecule has 0 heterocycles. The molecule has 0 aliphatic heterocycles. The number of rotatable bonds is 9. The van der Waals surface area contributed by atoms with Gasteiger partial charge >= 0.3 is 0 Å². The molecule has 96 valence electrons. The largest absolute Gasteiger partial charge is 0.353 e. The van der Waals surface area contributed by atoms with Crippen molar-refractivity contribution in [2.24, 2.45) is 0 Å². The predicted molar refractivity (Wildman–Crippen MR) is 73.0 cm³/mol. The highest BCUT2D eigenvalue weighted by Crippen LogP contribution is 2.01. The van der Waals surface area contributed by atoms with E-state index in [1.807, 2.05) is 32.5 Å². The van der Waals surface area contributed by atoms with Crippen LogP contribution in [-0.2, 0) is 4.79 Å². The van der Waals surface area contributed by atoms with E-state index in [9.17, 15) is 4.79 Å². The lowest BCUT2D eigenvalue weighted by molar-refractivity contribution is -0.123. The Bertz CT molecular complexity index is 186. The van der Waals surface area contributed by atoms with Crippen molar-refractivity contribution in [2.75, 3.05) is 18.6 Å². The van der Waals surface area contributed by atoms with E-state index in [0.29, 0.717) is 0 Å². The minimum absolute atomic E-state index is 0.0806. The van der Waals surface area contributed by atoms with Gasteiger partial charge in [-0.3, -0.25) is 4.79 Å². The van der Waals surface area contributed by atoms with E-state index >= 15 is 0 Å². The third kappa shape index (κ3) is 9.04. The Hall–Kier alpha value is -0.220. The summed E-state index contributed by atoms with van der Waals surface area (Å²) >= 11 is 1.89. The second kappa shape index (κ2) is 9.97. The molecule has 3 nitrogen and oxygen atoms in total. The Labute approximate surface area is 104 Å². The van der Waals surface area contributed by atoms with Gasteiger partial charge in [-0.15, -0.1) is 0 Å². The van der Waals surface area contributed by atoms with Crippen LogP contribution in [0.15, 0.2) is 0 Å². The zero-order valence-corrected chi connectivity index (χ0v) is 11.8. The summed E-state index contributed by atoms with van der Waals surface area (Å²) in [6.07, 6.45) is 5.80. The van der Waals surface area contributed by atoms with Gasteiger partial charge in [0.15, 0.2) is 0 Å². The first-order chi connectivity index (χ1) is 7.57. The highest BCUT2D eigenvalue weighted by atomic mass is 32.2. The fourth-order valence-electron chi connectivity index (χ4n) is 1.37. The minimum atomic E-state index is -0.0806. The van der Waals surface area contributed by atoms with Gasteiger partial charge in [0.25, 0.3) is 0 Å². The maximum atomic E-state index is 11.5. The fraction of sp³-hybridized carbons (Fsp3) is 0.917. The van der Waals surface area contributed by atoms with Crippen LogP contribution in [0.3, 0.4) is 0 Å². The molecule has 0 aromatic rings. The highest BCUT2D eigenvalue weighted by molar-refractivity contribution is 7.98. The van der Waals surface area contributed by atoms with Crippen molar-refractivity contribution in [2.45, 2.75) is 52.1 Å². The molecule has 0 aromatic heterocycles. The lowest BCUT2D eigenvalue weighted by Gasteiger charge is -2.15. The SMILES string of the molecule is CSCCCCCNC(C)C(=O)NC(C)C. The van der Waals surface area contributed by atoms with Crippen molar-refractivity contribution in [1.29, 1.82) is 0 Å². The van der Waals surface area contributed by atoms with E-state index < -0.39 is 0 Å². The number of carbonyl (C=O) groups is 1. The summed E-state index contributed by atoms with van der Waals surface area (Å²) in [5, 5.41) is 6.14. The highest BCUT2D eigenvalue weighted by Gasteiger charge is 2.11. The molecule has 0 saturated carbocycles. The summed E-state index contributed by atoms with van der Waals surface area (Å²) in [5.74, 6) is 1.34. The van der Waals surface area contributed by atoms with Crippen LogP contribution in [0.25, 0.3) is 0 Å². The second-order valence-corrected chi connectivity index (χ2v) is 5.38. The van der Waals surface area contributed by atoms with E-state index in [1.54, 1.807) is 0 Å². The van der Waals surface area contributed by atoms with E-state index in [4.69, 9.17) is 0 Å². The topological polar surface area (TPSA) is 41.1 Å². The van der Waals surface area contributed by atoms with Crippen molar-refractivity contribution in [1.82, 2.24) is 10.6 Å². The molecule has 0 rings (SSSR count). The molecular formula is C12H26N2OS. The number of unbranched alkanes of at least 4 members (excludes halogenated alkanes) is 2. The standard InChI is InChI=1S/C12H26N2OS/c1-10(2)14-12(15)11(3)13-8-6-5-7-9-16-4/h10-11,13H,5-9H2,1-4H3,(H,14,15). The molecule has 1 atom stereocenters. The summed E-state index contributed by atoms with van der Waals surface area (Å²) in [7, 11) is 0. The van der Waals surface area contributed by atoms with E-state index in [1.165, 1.54) is 18.6 Å². The Morgan fingerprint density at radius 3 is 2.44 bits per heavy atom. The normalized spacial score (nSPS) is 12.8. The molecule has 0 aliphatic rings. The lowest BCUT2D eigenvalue weighted by Crippen LogP contribution is -2.44. The average Bonchev–Trinajstić information content (AvgIpc) is 2.21. The van der Waals surface area contributed by atoms with E-state index in [2.05, 4.69) is 16.9 Å². The molecule has 0 radical (unpaired) electrons. The lowest BCUT2D eigenvalue weighted by atomic mass is 10.2. The monoisotopic (exact) mass is 246 g/mol. The molecular weight excluding hydrogens is 220 g/mol. The maximum absolute atomic E-state index is 11.5. The van der Waals surface area contributed by atoms with Crippen LogP contribution in [0, 0.1) is 0 Å². The van der Waals surface area contributed by atoms with Crippen LogP contribution in [0.4, 0.5) is 0 Å². The summed E-state index contributed by atoms with van der Waals surface area (Å²) < 4.78 is 0. The van der Waals surface area contributed by atoms with Crippen molar-refractivity contribution in [3.05, 3.63) is 0 Å². The van der Waals surface area contributed by atoms with Crippen molar-refractivity contribution in [3.63, 3.8) is 0 Å². The first kappa shape index (κ1) is 15.8. The number of carbonyl (C=O) groups excluding carboxylic acids is 1. The molecule has 0 bridgehead atoms. The van der Waals surface area contributed by atoms with Crippen LogP contribution in [0.2, 0.25) is 0 Å². The third-order valence-corrected chi connectivity index (χ3v) is 3.00. The van der Waals surface area contributed by atoms with Gasteiger partial charge in [0.05, 0.1) is 6.04 Å². The number of hydrogen-bond acceptors (Lipinski definition) is 3.